The van der Waals surface area contributed by atoms with Gasteiger partial charge in [-0.15, -0.1) is 0 Å². The van der Waals surface area contributed by atoms with Crippen molar-refractivity contribution in [2.45, 2.75) is 46.2 Å². The van der Waals surface area contributed by atoms with E-state index in [-0.39, 0.29) is 11.9 Å². The van der Waals surface area contributed by atoms with Gasteiger partial charge in [-0.25, -0.2) is 0 Å². The standard InChI is InChI=1S/C15H23BrN2O/c1-4-12(3)18-15(19)7-8-17-10-13-5-6-14(16)11(2)9-13/h5-6,9,12,17H,4,7-8,10H2,1-3H3,(H,18,19). The Bertz CT molecular complexity index is 421. The summed E-state index contributed by atoms with van der Waals surface area (Å²) in [4.78, 5) is 11.6. The zero-order valence-electron chi connectivity index (χ0n) is 11.9. The summed E-state index contributed by atoms with van der Waals surface area (Å²) in [7, 11) is 0. The van der Waals surface area contributed by atoms with Crippen LogP contribution in [0.3, 0.4) is 0 Å². The summed E-state index contributed by atoms with van der Waals surface area (Å²) in [6.07, 6.45) is 1.50. The highest BCUT2D eigenvalue weighted by molar-refractivity contribution is 9.10. The van der Waals surface area contributed by atoms with E-state index in [1.54, 1.807) is 0 Å². The smallest absolute Gasteiger partial charge is 0.221 e. The van der Waals surface area contributed by atoms with Crippen molar-refractivity contribution in [1.29, 1.82) is 0 Å². The number of aryl methyl sites for hydroxylation is 1. The van der Waals surface area contributed by atoms with Crippen molar-refractivity contribution in [1.82, 2.24) is 10.6 Å². The normalized spacial score (nSPS) is 12.2. The molecule has 1 amide bonds. The number of rotatable bonds is 7. The van der Waals surface area contributed by atoms with Gasteiger partial charge in [-0.3, -0.25) is 4.79 Å². The van der Waals surface area contributed by atoms with Crippen molar-refractivity contribution >= 4 is 21.8 Å². The molecular weight excluding hydrogens is 304 g/mol. The topological polar surface area (TPSA) is 41.1 Å². The van der Waals surface area contributed by atoms with Crippen LogP contribution in [0.4, 0.5) is 0 Å². The Hall–Kier alpha value is -0.870. The van der Waals surface area contributed by atoms with Crippen LogP contribution in [0.1, 0.15) is 37.8 Å². The van der Waals surface area contributed by atoms with Crippen LogP contribution < -0.4 is 10.6 Å². The Morgan fingerprint density at radius 2 is 2.16 bits per heavy atom. The van der Waals surface area contributed by atoms with Crippen LogP contribution in [-0.4, -0.2) is 18.5 Å². The summed E-state index contributed by atoms with van der Waals surface area (Å²) in [5.41, 5.74) is 2.47. The van der Waals surface area contributed by atoms with E-state index in [0.717, 1.165) is 17.4 Å². The second-order valence-electron chi connectivity index (χ2n) is 4.89. The first-order valence-electron chi connectivity index (χ1n) is 6.78. The van der Waals surface area contributed by atoms with Crippen LogP contribution in [-0.2, 0) is 11.3 Å². The average molecular weight is 327 g/mol. The molecule has 0 aliphatic heterocycles. The maximum atomic E-state index is 11.6. The van der Waals surface area contributed by atoms with E-state index in [0.29, 0.717) is 13.0 Å². The fraction of sp³-hybridized carbons (Fsp3) is 0.533. The van der Waals surface area contributed by atoms with Gasteiger partial charge in [0.25, 0.3) is 0 Å². The Labute approximate surface area is 124 Å². The number of hydrogen-bond acceptors (Lipinski definition) is 2. The molecule has 0 aliphatic carbocycles. The van der Waals surface area contributed by atoms with Crippen LogP contribution in [0.2, 0.25) is 0 Å². The Morgan fingerprint density at radius 1 is 1.42 bits per heavy atom. The minimum atomic E-state index is 0.119. The van der Waals surface area contributed by atoms with Crippen molar-refractivity contribution < 1.29 is 4.79 Å². The van der Waals surface area contributed by atoms with Crippen molar-refractivity contribution in [3.05, 3.63) is 33.8 Å². The van der Waals surface area contributed by atoms with Crippen LogP contribution in [0.15, 0.2) is 22.7 Å². The Morgan fingerprint density at radius 3 is 2.79 bits per heavy atom. The minimum absolute atomic E-state index is 0.119. The first-order valence-corrected chi connectivity index (χ1v) is 7.57. The summed E-state index contributed by atoms with van der Waals surface area (Å²) in [5, 5.41) is 6.25. The molecule has 1 aromatic carbocycles. The molecule has 1 unspecified atom stereocenters. The van der Waals surface area contributed by atoms with Crippen LogP contribution in [0.25, 0.3) is 0 Å². The van der Waals surface area contributed by atoms with Crippen molar-refractivity contribution in [3.63, 3.8) is 0 Å². The first-order chi connectivity index (χ1) is 9.02. The van der Waals surface area contributed by atoms with E-state index in [4.69, 9.17) is 0 Å². The number of hydrogen-bond donors (Lipinski definition) is 2. The van der Waals surface area contributed by atoms with Gasteiger partial charge in [-0.05, 0) is 37.5 Å². The van der Waals surface area contributed by atoms with E-state index in [2.05, 4.69) is 58.6 Å². The fourth-order valence-corrected chi connectivity index (χ4v) is 1.95. The Balaban J connectivity index is 2.23. The highest BCUT2D eigenvalue weighted by Gasteiger charge is 2.04. The molecule has 0 saturated carbocycles. The van der Waals surface area contributed by atoms with E-state index >= 15 is 0 Å². The third kappa shape index (κ3) is 6.21. The summed E-state index contributed by atoms with van der Waals surface area (Å²) in [5.74, 6) is 0.119. The molecule has 0 saturated heterocycles. The third-order valence-electron chi connectivity index (χ3n) is 3.10. The van der Waals surface area contributed by atoms with Crippen molar-refractivity contribution in [2.24, 2.45) is 0 Å². The fourth-order valence-electron chi connectivity index (χ4n) is 1.70. The van der Waals surface area contributed by atoms with Gasteiger partial charge < -0.3 is 10.6 Å². The van der Waals surface area contributed by atoms with Crippen LogP contribution in [0, 0.1) is 6.92 Å². The van der Waals surface area contributed by atoms with Gasteiger partial charge in [0.1, 0.15) is 0 Å². The number of halogens is 1. The summed E-state index contributed by atoms with van der Waals surface area (Å²) < 4.78 is 1.13. The predicted octanol–water partition coefficient (Wildman–Crippen LogP) is 3.15. The predicted molar refractivity (Wildman–Crippen MR) is 83.1 cm³/mol. The van der Waals surface area contributed by atoms with Gasteiger partial charge in [-0.2, -0.15) is 0 Å². The number of carbonyl (C=O) groups excluding carboxylic acids is 1. The summed E-state index contributed by atoms with van der Waals surface area (Å²) in [6.45, 7) is 7.67. The second-order valence-corrected chi connectivity index (χ2v) is 5.74. The molecule has 1 atom stereocenters. The molecule has 1 rings (SSSR count). The lowest BCUT2D eigenvalue weighted by Crippen LogP contribution is -2.33. The summed E-state index contributed by atoms with van der Waals surface area (Å²) in [6, 6.07) is 6.56. The molecule has 4 heteroatoms. The maximum Gasteiger partial charge on any atom is 0.221 e. The van der Waals surface area contributed by atoms with Gasteiger partial charge in [0.2, 0.25) is 5.91 Å². The quantitative estimate of drug-likeness (QED) is 0.756. The molecule has 0 bridgehead atoms. The molecule has 19 heavy (non-hydrogen) atoms. The zero-order chi connectivity index (χ0) is 14.3. The lowest BCUT2D eigenvalue weighted by molar-refractivity contribution is -0.121. The highest BCUT2D eigenvalue weighted by Crippen LogP contribution is 2.16. The summed E-state index contributed by atoms with van der Waals surface area (Å²) >= 11 is 3.49. The number of benzene rings is 1. The second kappa shape index (κ2) is 8.33. The van der Waals surface area contributed by atoms with E-state index < -0.39 is 0 Å². The molecule has 0 aromatic heterocycles. The molecule has 2 N–H and O–H groups in total. The molecule has 106 valence electrons. The van der Waals surface area contributed by atoms with Crippen molar-refractivity contribution in [2.75, 3.05) is 6.54 Å². The molecule has 0 radical (unpaired) electrons. The largest absolute Gasteiger partial charge is 0.354 e. The maximum absolute atomic E-state index is 11.6. The van der Waals surface area contributed by atoms with Gasteiger partial charge in [0.15, 0.2) is 0 Å². The van der Waals surface area contributed by atoms with Gasteiger partial charge in [0, 0.05) is 30.0 Å². The molecule has 0 aliphatic rings. The monoisotopic (exact) mass is 326 g/mol. The molecule has 0 spiro atoms. The molecule has 1 aromatic rings. The number of amides is 1. The average Bonchev–Trinajstić information content (AvgIpc) is 2.38. The zero-order valence-corrected chi connectivity index (χ0v) is 13.5. The molecule has 0 heterocycles. The van der Waals surface area contributed by atoms with E-state index in [1.165, 1.54) is 11.1 Å². The van der Waals surface area contributed by atoms with Gasteiger partial charge >= 0.3 is 0 Å². The number of carbonyl (C=O) groups is 1. The van der Waals surface area contributed by atoms with Gasteiger partial charge in [0.05, 0.1) is 0 Å². The van der Waals surface area contributed by atoms with Crippen LogP contribution in [0.5, 0.6) is 0 Å². The minimum Gasteiger partial charge on any atom is -0.354 e. The number of nitrogens with one attached hydrogen (secondary N) is 2. The lowest BCUT2D eigenvalue weighted by Gasteiger charge is -2.11. The van der Waals surface area contributed by atoms with E-state index in [9.17, 15) is 4.79 Å². The van der Waals surface area contributed by atoms with E-state index in [1.807, 2.05) is 6.92 Å². The first kappa shape index (κ1) is 16.2. The SMILES string of the molecule is CCC(C)NC(=O)CCNCc1ccc(Br)c(C)c1. The lowest BCUT2D eigenvalue weighted by atomic mass is 10.1. The highest BCUT2D eigenvalue weighted by atomic mass is 79.9. The van der Waals surface area contributed by atoms with Crippen LogP contribution >= 0.6 is 15.9 Å². The van der Waals surface area contributed by atoms with Crippen molar-refractivity contribution in [3.8, 4) is 0 Å². The molecular formula is C15H23BrN2O. The third-order valence-corrected chi connectivity index (χ3v) is 3.99. The Kier molecular flexibility index (Phi) is 7.10. The van der Waals surface area contributed by atoms with Gasteiger partial charge in [-0.1, -0.05) is 35.0 Å². The molecule has 3 nitrogen and oxygen atoms in total. The molecule has 0 fully saturated rings.